The Kier molecular flexibility index (Phi) is 5.51. The molecule has 0 unspecified atom stereocenters. The molecule has 1 fully saturated rings. The van der Waals surface area contributed by atoms with Crippen LogP contribution in [0.3, 0.4) is 0 Å². The van der Waals surface area contributed by atoms with Crippen LogP contribution in [0.25, 0.3) is 0 Å². The van der Waals surface area contributed by atoms with E-state index >= 15 is 0 Å². The topological polar surface area (TPSA) is 71.5 Å². The van der Waals surface area contributed by atoms with Crippen LogP contribution < -0.4 is 10.1 Å². The number of hydrogen-bond donors (Lipinski definition) is 1. The molecular weight excluding hydrogens is 405 g/mol. The Hall–Kier alpha value is -2.48. The molecule has 1 aromatic carbocycles. The molecule has 1 aliphatic carbocycles. The highest BCUT2D eigenvalue weighted by atomic mass is 79.9. The van der Waals surface area contributed by atoms with Crippen molar-refractivity contribution < 1.29 is 18.7 Å². The molecule has 1 aliphatic rings. The second kappa shape index (κ2) is 7.82. The third kappa shape index (κ3) is 4.57. The molecule has 136 valence electrons. The normalized spacial score (nSPS) is 13.2. The number of aromatic nitrogens is 1. The van der Waals surface area contributed by atoms with Crippen molar-refractivity contribution in [1.82, 2.24) is 15.2 Å². The van der Waals surface area contributed by atoms with Gasteiger partial charge in [0.05, 0.1) is 11.0 Å². The first-order chi connectivity index (χ1) is 12.4. The minimum Gasteiger partial charge on any atom is -0.437 e. The molecule has 1 saturated carbocycles. The van der Waals surface area contributed by atoms with Gasteiger partial charge in [-0.1, -0.05) is 0 Å². The first-order valence-corrected chi connectivity index (χ1v) is 8.86. The highest BCUT2D eigenvalue weighted by Gasteiger charge is 2.25. The average Bonchev–Trinajstić information content (AvgIpc) is 3.41. The maximum absolute atomic E-state index is 13.2. The van der Waals surface area contributed by atoms with Gasteiger partial charge < -0.3 is 15.0 Å². The number of carbonyl (C=O) groups excluding carboxylic acids is 2. The highest BCUT2D eigenvalue weighted by molar-refractivity contribution is 9.10. The fourth-order valence-corrected chi connectivity index (χ4v) is 2.72. The van der Waals surface area contributed by atoms with E-state index in [0.717, 1.165) is 12.8 Å². The van der Waals surface area contributed by atoms with Gasteiger partial charge in [0.15, 0.2) is 0 Å². The molecule has 0 bridgehead atoms. The van der Waals surface area contributed by atoms with Crippen LogP contribution in [0.1, 0.15) is 23.2 Å². The number of carbonyl (C=O) groups is 2. The number of nitrogens with one attached hydrogen (secondary N) is 1. The molecule has 1 heterocycles. The average molecular weight is 422 g/mol. The van der Waals surface area contributed by atoms with Crippen LogP contribution in [-0.2, 0) is 4.79 Å². The quantitative estimate of drug-likeness (QED) is 0.777. The molecule has 2 aromatic rings. The summed E-state index contributed by atoms with van der Waals surface area (Å²) in [6.45, 7) is -0.0517. The maximum Gasteiger partial charge on any atom is 0.259 e. The van der Waals surface area contributed by atoms with Crippen LogP contribution in [0.2, 0.25) is 0 Å². The van der Waals surface area contributed by atoms with Gasteiger partial charge in [-0.2, -0.15) is 0 Å². The van der Waals surface area contributed by atoms with Crippen molar-refractivity contribution in [3.05, 3.63) is 52.4 Å². The van der Waals surface area contributed by atoms with Crippen LogP contribution >= 0.6 is 15.9 Å². The van der Waals surface area contributed by atoms with Gasteiger partial charge in [-0.25, -0.2) is 9.37 Å². The van der Waals surface area contributed by atoms with Crippen LogP contribution in [0.5, 0.6) is 11.6 Å². The number of benzene rings is 1. The predicted molar refractivity (Wildman–Crippen MR) is 96.5 cm³/mol. The highest BCUT2D eigenvalue weighted by Crippen LogP contribution is 2.31. The van der Waals surface area contributed by atoms with Crippen molar-refractivity contribution in [3.63, 3.8) is 0 Å². The lowest BCUT2D eigenvalue weighted by molar-refractivity contribution is -0.121. The van der Waals surface area contributed by atoms with E-state index in [0.29, 0.717) is 10.2 Å². The second-order valence-corrected chi connectivity index (χ2v) is 6.89. The van der Waals surface area contributed by atoms with Crippen molar-refractivity contribution in [3.8, 4) is 11.6 Å². The third-order valence-electron chi connectivity index (χ3n) is 3.77. The van der Waals surface area contributed by atoms with E-state index in [1.807, 2.05) is 0 Å². The van der Waals surface area contributed by atoms with E-state index in [2.05, 4.69) is 26.2 Å². The number of hydrogen-bond acceptors (Lipinski definition) is 4. The fraction of sp³-hybridized carbons (Fsp3) is 0.278. The molecule has 0 radical (unpaired) electrons. The van der Waals surface area contributed by atoms with E-state index in [-0.39, 0.29) is 29.9 Å². The van der Waals surface area contributed by atoms with Crippen LogP contribution in [0.15, 0.2) is 41.0 Å². The smallest absolute Gasteiger partial charge is 0.259 e. The van der Waals surface area contributed by atoms with Gasteiger partial charge in [-0.05, 0) is 59.1 Å². The number of likely N-dealkylation sites (N-methyl/N-ethyl adjacent to an activating group) is 1. The van der Waals surface area contributed by atoms with E-state index < -0.39 is 11.7 Å². The van der Waals surface area contributed by atoms with Crippen molar-refractivity contribution in [1.29, 1.82) is 0 Å². The molecule has 0 atom stereocenters. The minimum atomic E-state index is -0.414. The van der Waals surface area contributed by atoms with Crippen LogP contribution in [0, 0.1) is 5.82 Å². The molecule has 2 amide bonds. The number of halogens is 2. The number of rotatable bonds is 6. The Morgan fingerprint density at radius 3 is 2.85 bits per heavy atom. The van der Waals surface area contributed by atoms with Gasteiger partial charge >= 0.3 is 0 Å². The standard InChI is InChI=1S/C18H17BrFN3O3/c1-23(10-16(24)22-12-5-6-12)18(25)13-3-2-8-21-17(13)26-15-7-4-11(20)9-14(15)19/h2-4,7-9,12H,5-6,10H2,1H3,(H,22,24). The van der Waals surface area contributed by atoms with Gasteiger partial charge in [-0.15, -0.1) is 0 Å². The lowest BCUT2D eigenvalue weighted by atomic mass is 10.2. The number of ether oxygens (including phenoxy) is 1. The van der Waals surface area contributed by atoms with Crippen molar-refractivity contribution in [2.45, 2.75) is 18.9 Å². The lowest BCUT2D eigenvalue weighted by Gasteiger charge is -2.18. The zero-order valence-corrected chi connectivity index (χ0v) is 15.6. The summed E-state index contributed by atoms with van der Waals surface area (Å²) >= 11 is 3.22. The molecule has 26 heavy (non-hydrogen) atoms. The summed E-state index contributed by atoms with van der Waals surface area (Å²) < 4.78 is 19.3. The molecule has 0 saturated heterocycles. The summed E-state index contributed by atoms with van der Waals surface area (Å²) in [6, 6.07) is 7.36. The van der Waals surface area contributed by atoms with Crippen molar-refractivity contribution >= 4 is 27.7 Å². The maximum atomic E-state index is 13.2. The summed E-state index contributed by atoms with van der Waals surface area (Å²) in [5, 5.41) is 2.84. The van der Waals surface area contributed by atoms with Gasteiger partial charge in [0.1, 0.15) is 17.1 Å². The number of pyridine rings is 1. The van der Waals surface area contributed by atoms with Gasteiger partial charge in [-0.3, -0.25) is 9.59 Å². The molecule has 1 N–H and O–H groups in total. The summed E-state index contributed by atoms with van der Waals surface area (Å²) in [4.78, 5) is 30.0. The molecule has 8 heteroatoms. The number of nitrogens with zero attached hydrogens (tertiary/aromatic N) is 2. The SMILES string of the molecule is CN(CC(=O)NC1CC1)C(=O)c1cccnc1Oc1ccc(F)cc1Br. The zero-order valence-electron chi connectivity index (χ0n) is 14.0. The largest absolute Gasteiger partial charge is 0.437 e. The first-order valence-electron chi connectivity index (χ1n) is 8.07. The summed E-state index contributed by atoms with van der Waals surface area (Å²) in [6.07, 6.45) is 3.45. The predicted octanol–water partition coefficient (Wildman–Crippen LogP) is 3.13. The van der Waals surface area contributed by atoms with E-state index in [4.69, 9.17) is 4.74 Å². The summed E-state index contributed by atoms with van der Waals surface area (Å²) in [5.41, 5.74) is 0.213. The second-order valence-electron chi connectivity index (χ2n) is 6.04. The van der Waals surface area contributed by atoms with E-state index in [9.17, 15) is 14.0 Å². The summed E-state index contributed by atoms with van der Waals surface area (Å²) in [5.74, 6) is -0.594. The lowest BCUT2D eigenvalue weighted by Crippen LogP contribution is -2.39. The van der Waals surface area contributed by atoms with Gasteiger partial charge in [0, 0.05) is 19.3 Å². The molecule has 1 aromatic heterocycles. The molecule has 0 aliphatic heterocycles. The van der Waals surface area contributed by atoms with Crippen molar-refractivity contribution in [2.75, 3.05) is 13.6 Å². The first kappa shape index (κ1) is 18.3. The number of amides is 2. The van der Waals surface area contributed by atoms with E-state index in [1.165, 1.54) is 29.3 Å². The monoisotopic (exact) mass is 421 g/mol. The van der Waals surface area contributed by atoms with Crippen LogP contribution in [-0.4, -0.2) is 41.3 Å². The summed E-state index contributed by atoms with van der Waals surface area (Å²) in [7, 11) is 1.54. The van der Waals surface area contributed by atoms with Gasteiger partial charge in [0.2, 0.25) is 11.8 Å². The minimum absolute atomic E-state index is 0.0517. The molecule has 3 rings (SSSR count). The van der Waals surface area contributed by atoms with Gasteiger partial charge in [0.25, 0.3) is 5.91 Å². The Balaban J connectivity index is 1.74. The molecule has 6 nitrogen and oxygen atoms in total. The fourth-order valence-electron chi connectivity index (χ4n) is 2.29. The Bertz CT molecular complexity index is 842. The van der Waals surface area contributed by atoms with E-state index in [1.54, 1.807) is 19.2 Å². The zero-order chi connectivity index (χ0) is 18.7. The Morgan fingerprint density at radius 2 is 2.15 bits per heavy atom. The molecular formula is C18H17BrFN3O3. The van der Waals surface area contributed by atoms with Crippen molar-refractivity contribution in [2.24, 2.45) is 0 Å². The third-order valence-corrected chi connectivity index (χ3v) is 4.39. The Labute approximate surface area is 158 Å². The van der Waals surface area contributed by atoms with Crippen LogP contribution in [0.4, 0.5) is 4.39 Å². The Morgan fingerprint density at radius 1 is 1.38 bits per heavy atom. The molecule has 0 spiro atoms.